The fourth-order valence-electron chi connectivity index (χ4n) is 1.81. The molecule has 0 spiro atoms. The number of hydrogen-bond acceptors (Lipinski definition) is 2. The van der Waals surface area contributed by atoms with Crippen LogP contribution < -0.4 is 10.1 Å². The Morgan fingerprint density at radius 3 is 2.52 bits per heavy atom. The molecule has 1 aromatic rings. The van der Waals surface area contributed by atoms with E-state index in [0.717, 1.165) is 24.1 Å². The lowest BCUT2D eigenvalue weighted by Crippen LogP contribution is -2.12. The molecular weight excluding hydrogens is 402 g/mol. The number of rotatable bonds is 8. The van der Waals surface area contributed by atoms with E-state index >= 15 is 0 Å². The van der Waals surface area contributed by atoms with Crippen LogP contribution in [0.1, 0.15) is 39.7 Å². The number of hydrogen-bond donors (Lipinski definition) is 1. The summed E-state index contributed by atoms with van der Waals surface area (Å²) in [6.45, 7) is 10.7. The van der Waals surface area contributed by atoms with Gasteiger partial charge in [-0.3, -0.25) is 4.79 Å². The summed E-state index contributed by atoms with van der Waals surface area (Å²) in [5.74, 6) is 0.761. The zero-order chi connectivity index (χ0) is 19.2. The van der Waals surface area contributed by atoms with Crippen LogP contribution in [0.15, 0.2) is 42.0 Å². The molecule has 1 unspecified atom stereocenters. The number of halogens is 2. The average Bonchev–Trinajstić information content (AvgIpc) is 2.53. The molecule has 5 heteroatoms. The van der Waals surface area contributed by atoms with Crippen LogP contribution in [0.25, 0.3) is 0 Å². The maximum absolute atomic E-state index is 9.98. The van der Waals surface area contributed by atoms with Crippen LogP contribution in [0.5, 0.6) is 5.75 Å². The third-order valence-corrected chi connectivity index (χ3v) is 3.64. The minimum absolute atomic E-state index is 0.171. The highest BCUT2D eigenvalue weighted by Gasteiger charge is 2.02. The highest BCUT2D eigenvalue weighted by molar-refractivity contribution is 9.09. The second kappa shape index (κ2) is 14.0. The third-order valence-electron chi connectivity index (χ3n) is 3.04. The first-order valence-corrected chi connectivity index (χ1v) is 9.66. The summed E-state index contributed by atoms with van der Waals surface area (Å²) in [5.41, 5.74) is 2.39. The summed E-state index contributed by atoms with van der Waals surface area (Å²) in [6.07, 6.45) is 7.99. The second-order valence-corrected chi connectivity index (χ2v) is 7.67. The smallest absolute Gasteiger partial charge is 0.207 e. The number of alkyl halides is 1. The number of carbonyl (C=O) groups is 1. The van der Waals surface area contributed by atoms with Crippen molar-refractivity contribution in [3.05, 3.63) is 52.6 Å². The van der Waals surface area contributed by atoms with Gasteiger partial charge in [0.25, 0.3) is 0 Å². The summed E-state index contributed by atoms with van der Waals surface area (Å²) in [7, 11) is 0. The normalized spacial score (nSPS) is 12.6. The maximum atomic E-state index is 9.98. The van der Waals surface area contributed by atoms with Crippen LogP contribution in [0.2, 0.25) is 5.02 Å². The van der Waals surface area contributed by atoms with Crippen molar-refractivity contribution in [3.8, 4) is 5.75 Å². The van der Waals surface area contributed by atoms with Gasteiger partial charge in [0.2, 0.25) is 6.41 Å². The van der Waals surface area contributed by atoms with Crippen LogP contribution in [-0.2, 0) is 4.79 Å². The lowest BCUT2D eigenvalue weighted by Gasteiger charge is -2.11. The van der Waals surface area contributed by atoms with Gasteiger partial charge in [-0.15, -0.1) is 0 Å². The molecule has 1 N–H and O–H groups in total. The quantitative estimate of drug-likeness (QED) is 0.243. The van der Waals surface area contributed by atoms with E-state index in [4.69, 9.17) is 16.3 Å². The molecule has 0 aliphatic carbocycles. The van der Waals surface area contributed by atoms with E-state index in [1.54, 1.807) is 0 Å². The predicted molar refractivity (Wildman–Crippen MR) is 112 cm³/mol. The molecule has 0 radical (unpaired) electrons. The van der Waals surface area contributed by atoms with Gasteiger partial charge in [0, 0.05) is 11.4 Å². The lowest BCUT2D eigenvalue weighted by molar-refractivity contribution is -0.109. The SMILES string of the molecule is C/C=C(\C=C/C(C)Br)CCNC=O.Cc1ccc(OC(C)C)c(Cl)c1. The van der Waals surface area contributed by atoms with Crippen molar-refractivity contribution in [2.45, 2.75) is 52.0 Å². The van der Waals surface area contributed by atoms with E-state index in [1.165, 1.54) is 5.57 Å². The number of benzene rings is 1. The number of carbonyl (C=O) groups excluding carboxylic acids is 1. The van der Waals surface area contributed by atoms with Crippen molar-refractivity contribution in [1.29, 1.82) is 0 Å². The van der Waals surface area contributed by atoms with Crippen molar-refractivity contribution in [3.63, 3.8) is 0 Å². The Morgan fingerprint density at radius 1 is 1.36 bits per heavy atom. The van der Waals surface area contributed by atoms with E-state index in [-0.39, 0.29) is 6.10 Å². The van der Waals surface area contributed by atoms with Gasteiger partial charge in [-0.1, -0.05) is 57.4 Å². The lowest BCUT2D eigenvalue weighted by atomic mass is 10.1. The first-order valence-electron chi connectivity index (χ1n) is 8.37. The Balaban J connectivity index is 0.000000462. The monoisotopic (exact) mass is 429 g/mol. The average molecular weight is 431 g/mol. The van der Waals surface area contributed by atoms with Crippen molar-refractivity contribution in [2.24, 2.45) is 0 Å². The summed E-state index contributed by atoms with van der Waals surface area (Å²) < 4.78 is 5.47. The molecule has 0 fully saturated rings. The summed E-state index contributed by atoms with van der Waals surface area (Å²) in [4.78, 5) is 10.4. The first kappa shape index (κ1) is 23.7. The minimum atomic E-state index is 0.171. The van der Waals surface area contributed by atoms with E-state index in [0.29, 0.717) is 16.4 Å². The predicted octanol–water partition coefficient (Wildman–Crippen LogP) is 5.84. The van der Waals surface area contributed by atoms with Gasteiger partial charge in [-0.2, -0.15) is 0 Å². The molecule has 1 amide bonds. The Hall–Kier alpha value is -1.26. The molecule has 0 saturated heterocycles. The Labute approximate surface area is 165 Å². The van der Waals surface area contributed by atoms with Crippen molar-refractivity contribution >= 4 is 33.9 Å². The summed E-state index contributed by atoms with van der Waals surface area (Å²) in [5, 5.41) is 3.32. The van der Waals surface area contributed by atoms with Gasteiger partial charge in [0.05, 0.1) is 11.1 Å². The van der Waals surface area contributed by atoms with Gasteiger partial charge in [-0.25, -0.2) is 0 Å². The highest BCUT2D eigenvalue weighted by atomic mass is 79.9. The molecule has 0 aliphatic heterocycles. The van der Waals surface area contributed by atoms with E-state index in [1.807, 2.05) is 45.9 Å². The van der Waals surface area contributed by atoms with Crippen molar-refractivity contribution < 1.29 is 9.53 Å². The van der Waals surface area contributed by atoms with Gasteiger partial charge >= 0.3 is 0 Å². The minimum Gasteiger partial charge on any atom is -0.489 e. The molecule has 3 nitrogen and oxygen atoms in total. The molecule has 0 aliphatic rings. The molecule has 25 heavy (non-hydrogen) atoms. The van der Waals surface area contributed by atoms with E-state index in [2.05, 4.69) is 46.4 Å². The molecule has 0 saturated carbocycles. The molecule has 140 valence electrons. The number of nitrogens with one attached hydrogen (secondary N) is 1. The van der Waals surface area contributed by atoms with Crippen molar-refractivity contribution in [1.82, 2.24) is 5.32 Å². The maximum Gasteiger partial charge on any atom is 0.207 e. The van der Waals surface area contributed by atoms with Gasteiger partial charge < -0.3 is 10.1 Å². The van der Waals surface area contributed by atoms with Crippen LogP contribution >= 0.6 is 27.5 Å². The van der Waals surface area contributed by atoms with E-state index < -0.39 is 0 Å². The van der Waals surface area contributed by atoms with Crippen LogP contribution in [0, 0.1) is 6.92 Å². The summed E-state index contributed by atoms with van der Waals surface area (Å²) >= 11 is 9.38. The van der Waals surface area contributed by atoms with Crippen LogP contribution in [0.3, 0.4) is 0 Å². The topological polar surface area (TPSA) is 38.3 Å². The molecular formula is C20H29BrClNO2. The summed E-state index contributed by atoms with van der Waals surface area (Å²) in [6, 6.07) is 5.79. The molecule has 1 rings (SSSR count). The second-order valence-electron chi connectivity index (χ2n) is 5.82. The van der Waals surface area contributed by atoms with Crippen molar-refractivity contribution in [2.75, 3.05) is 6.54 Å². The zero-order valence-corrected chi connectivity index (χ0v) is 18.0. The first-order chi connectivity index (χ1) is 11.8. The number of ether oxygens (including phenoxy) is 1. The van der Waals surface area contributed by atoms with Gasteiger partial charge in [0.1, 0.15) is 5.75 Å². The fourth-order valence-corrected chi connectivity index (χ4v) is 2.24. The standard InChI is InChI=1S/C10H16BrNO.C10H13ClO/c1-3-10(5-4-9(2)11)6-7-12-8-13;1-7(2)12-10-5-4-8(3)6-9(10)11/h3-5,8-9H,6-7H2,1-2H3,(H,12,13);4-7H,1-3H3/b5-4-,10-3+;. The Kier molecular flexibility index (Phi) is 13.3. The van der Waals surface area contributed by atoms with E-state index in [9.17, 15) is 4.79 Å². The Bertz CT molecular complexity index is 569. The number of amides is 1. The molecule has 0 heterocycles. The van der Waals surface area contributed by atoms with Gasteiger partial charge in [0.15, 0.2) is 0 Å². The number of allylic oxidation sites excluding steroid dienone is 3. The third kappa shape index (κ3) is 12.7. The molecule has 0 bridgehead atoms. The zero-order valence-electron chi connectivity index (χ0n) is 15.7. The van der Waals surface area contributed by atoms with Crippen LogP contribution in [0.4, 0.5) is 0 Å². The molecule has 1 atom stereocenters. The van der Waals surface area contributed by atoms with Crippen LogP contribution in [-0.4, -0.2) is 23.9 Å². The molecule has 1 aromatic carbocycles. The number of aryl methyl sites for hydroxylation is 1. The molecule has 0 aromatic heterocycles. The van der Waals surface area contributed by atoms with Gasteiger partial charge in [-0.05, 0) is 58.7 Å². The largest absolute Gasteiger partial charge is 0.489 e. The highest BCUT2D eigenvalue weighted by Crippen LogP contribution is 2.25. The fraction of sp³-hybridized carbons (Fsp3) is 0.450. The Morgan fingerprint density at radius 2 is 2.04 bits per heavy atom.